The largest absolute Gasteiger partial charge is 0.349 e. The lowest BCUT2D eigenvalue weighted by Gasteiger charge is -2.30. The van der Waals surface area contributed by atoms with Crippen molar-refractivity contribution in [3.8, 4) is 0 Å². The van der Waals surface area contributed by atoms with Crippen LogP contribution in [0.1, 0.15) is 35.9 Å². The molecule has 0 bridgehead atoms. The summed E-state index contributed by atoms with van der Waals surface area (Å²) in [5, 5.41) is 2.65. The van der Waals surface area contributed by atoms with Gasteiger partial charge in [0.2, 0.25) is 0 Å². The molecule has 1 aliphatic rings. The van der Waals surface area contributed by atoms with E-state index in [2.05, 4.69) is 15.3 Å². The van der Waals surface area contributed by atoms with Crippen molar-refractivity contribution in [3.05, 3.63) is 62.8 Å². The Hall–Kier alpha value is -2.28. The highest BCUT2D eigenvalue weighted by Crippen LogP contribution is 2.47. The van der Waals surface area contributed by atoms with Crippen molar-refractivity contribution < 1.29 is 13.6 Å². The highest BCUT2D eigenvalue weighted by atomic mass is 35.5. The van der Waals surface area contributed by atoms with Crippen molar-refractivity contribution in [3.63, 3.8) is 0 Å². The molecule has 5 nitrogen and oxygen atoms in total. The fraction of sp³-hybridized carbons (Fsp3) is 0.389. The van der Waals surface area contributed by atoms with Crippen LogP contribution >= 0.6 is 11.6 Å². The van der Waals surface area contributed by atoms with E-state index in [1.807, 2.05) is 6.92 Å². The number of nitrogens with zero attached hydrogens (tertiary/aromatic N) is 1. The van der Waals surface area contributed by atoms with Crippen LogP contribution in [0.25, 0.3) is 0 Å². The molecule has 138 valence electrons. The summed E-state index contributed by atoms with van der Waals surface area (Å²) in [7, 11) is 0. The van der Waals surface area contributed by atoms with Crippen LogP contribution in [0.4, 0.5) is 8.78 Å². The van der Waals surface area contributed by atoms with Crippen LogP contribution in [0, 0.1) is 23.0 Å². The number of hydrogen-bond donors (Lipinski definition) is 2. The van der Waals surface area contributed by atoms with Gasteiger partial charge in [0, 0.05) is 12.6 Å². The number of halogens is 3. The molecule has 8 heteroatoms. The topological polar surface area (TPSA) is 74.8 Å². The lowest BCUT2D eigenvalue weighted by molar-refractivity contribution is 0.0915. The Balaban J connectivity index is 1.72. The summed E-state index contributed by atoms with van der Waals surface area (Å²) in [5.41, 5.74) is -0.570. The Kier molecular flexibility index (Phi) is 5.09. The van der Waals surface area contributed by atoms with E-state index >= 15 is 0 Å². The number of rotatable bonds is 6. The lowest BCUT2D eigenvalue weighted by Crippen LogP contribution is -2.39. The van der Waals surface area contributed by atoms with E-state index in [4.69, 9.17) is 11.6 Å². The second kappa shape index (κ2) is 7.15. The van der Waals surface area contributed by atoms with Crippen LogP contribution in [-0.2, 0) is 6.42 Å². The third-order valence-electron chi connectivity index (χ3n) is 4.80. The van der Waals surface area contributed by atoms with Crippen LogP contribution < -0.4 is 10.9 Å². The summed E-state index contributed by atoms with van der Waals surface area (Å²) in [4.78, 5) is 29.9. The lowest BCUT2D eigenvalue weighted by atomic mass is 9.78. The van der Waals surface area contributed by atoms with Gasteiger partial charge >= 0.3 is 0 Å². The highest BCUT2D eigenvalue weighted by Gasteiger charge is 2.42. The first-order chi connectivity index (χ1) is 12.3. The van der Waals surface area contributed by atoms with E-state index < -0.39 is 23.1 Å². The quantitative estimate of drug-likeness (QED) is 0.807. The van der Waals surface area contributed by atoms with Crippen LogP contribution in [0.3, 0.4) is 0 Å². The van der Waals surface area contributed by atoms with Crippen LogP contribution in [0.15, 0.2) is 29.2 Å². The third kappa shape index (κ3) is 4.09. The second-order valence-electron chi connectivity index (χ2n) is 6.93. The van der Waals surface area contributed by atoms with Crippen molar-refractivity contribution in [2.24, 2.45) is 11.3 Å². The van der Waals surface area contributed by atoms with Crippen molar-refractivity contribution >= 4 is 17.5 Å². The Morgan fingerprint density at radius 1 is 1.42 bits per heavy atom. The number of H-pyrrole nitrogens is 1. The minimum Gasteiger partial charge on any atom is -0.349 e. The summed E-state index contributed by atoms with van der Waals surface area (Å²) in [6.45, 7) is 2.24. The number of amides is 1. The van der Waals surface area contributed by atoms with E-state index in [9.17, 15) is 18.4 Å². The minimum atomic E-state index is -0.620. The van der Waals surface area contributed by atoms with Crippen molar-refractivity contribution in [1.82, 2.24) is 15.3 Å². The SMILES string of the molecule is C[C@@](CNC(=O)c1ncc(Cl)c(=O)[nH]1)(Cc1ccc(F)cc1F)C1CC1. The van der Waals surface area contributed by atoms with Gasteiger partial charge in [0.25, 0.3) is 11.5 Å². The maximum atomic E-state index is 14.0. The van der Waals surface area contributed by atoms with E-state index in [1.54, 1.807) is 0 Å². The van der Waals surface area contributed by atoms with Crippen molar-refractivity contribution in [2.75, 3.05) is 6.54 Å². The number of aromatic nitrogens is 2. The standard InChI is InChI=1S/C18H18ClF2N3O2/c1-18(11-3-4-11,7-10-2-5-12(20)6-14(10)21)9-23-17(26)15-22-8-13(19)16(25)24-15/h2,5-6,8,11H,3-4,7,9H2,1H3,(H,23,26)(H,22,24,25)/t18-/m0/s1. The molecule has 0 aliphatic heterocycles. The van der Waals surface area contributed by atoms with Gasteiger partial charge in [0.15, 0.2) is 5.82 Å². The van der Waals surface area contributed by atoms with Gasteiger partial charge in [-0.15, -0.1) is 0 Å². The van der Waals surface area contributed by atoms with Gasteiger partial charge in [0.1, 0.15) is 16.7 Å². The molecule has 0 radical (unpaired) electrons. The number of carbonyl (C=O) groups is 1. The molecule has 1 fully saturated rings. The molecule has 1 aliphatic carbocycles. The number of carbonyl (C=O) groups excluding carboxylic acids is 1. The fourth-order valence-electron chi connectivity index (χ4n) is 3.09. The summed E-state index contributed by atoms with van der Waals surface area (Å²) in [6, 6.07) is 3.53. The molecule has 1 amide bonds. The molecule has 2 N–H and O–H groups in total. The molecule has 0 spiro atoms. The van der Waals surface area contributed by atoms with Crippen molar-refractivity contribution in [2.45, 2.75) is 26.2 Å². The van der Waals surface area contributed by atoms with Crippen molar-refractivity contribution in [1.29, 1.82) is 0 Å². The monoisotopic (exact) mass is 381 g/mol. The van der Waals surface area contributed by atoms with Gasteiger partial charge < -0.3 is 10.3 Å². The third-order valence-corrected chi connectivity index (χ3v) is 5.07. The first-order valence-corrected chi connectivity index (χ1v) is 8.63. The van der Waals surface area contributed by atoms with E-state index in [0.29, 0.717) is 17.9 Å². The molecule has 0 saturated heterocycles. The van der Waals surface area contributed by atoms with Crippen LogP contribution in [-0.4, -0.2) is 22.4 Å². The Bertz CT molecular complexity index is 898. The number of hydrogen-bond acceptors (Lipinski definition) is 3. The maximum Gasteiger partial charge on any atom is 0.287 e. The van der Waals surface area contributed by atoms with Gasteiger partial charge in [-0.1, -0.05) is 24.6 Å². The second-order valence-corrected chi connectivity index (χ2v) is 7.34. The summed E-state index contributed by atoms with van der Waals surface area (Å²) in [6.07, 6.45) is 3.47. The first kappa shape index (κ1) is 18.5. The minimum absolute atomic E-state index is 0.101. The summed E-state index contributed by atoms with van der Waals surface area (Å²) < 4.78 is 27.1. The molecule has 1 saturated carbocycles. The molecule has 2 aromatic rings. The molecule has 1 heterocycles. The van der Waals surface area contributed by atoms with E-state index in [1.165, 1.54) is 12.1 Å². The van der Waals surface area contributed by atoms with Crippen LogP contribution in [0.5, 0.6) is 0 Å². The number of benzene rings is 1. The normalized spacial score (nSPS) is 16.2. The van der Waals surface area contributed by atoms with E-state index in [-0.39, 0.29) is 22.8 Å². The average Bonchev–Trinajstić information content (AvgIpc) is 3.43. The smallest absolute Gasteiger partial charge is 0.287 e. The Morgan fingerprint density at radius 3 is 2.77 bits per heavy atom. The molecular weight excluding hydrogens is 364 g/mol. The Morgan fingerprint density at radius 2 is 2.15 bits per heavy atom. The van der Waals surface area contributed by atoms with Gasteiger partial charge in [-0.3, -0.25) is 9.59 Å². The zero-order valence-electron chi connectivity index (χ0n) is 14.1. The molecule has 3 rings (SSSR count). The molecule has 1 aromatic heterocycles. The van der Waals surface area contributed by atoms with Gasteiger partial charge in [-0.05, 0) is 42.2 Å². The molecule has 1 atom stereocenters. The van der Waals surface area contributed by atoms with Gasteiger partial charge in [-0.25, -0.2) is 13.8 Å². The highest BCUT2D eigenvalue weighted by molar-refractivity contribution is 6.30. The zero-order valence-corrected chi connectivity index (χ0v) is 14.9. The average molecular weight is 382 g/mol. The predicted molar refractivity (Wildman–Crippen MR) is 93.1 cm³/mol. The van der Waals surface area contributed by atoms with Gasteiger partial charge in [-0.2, -0.15) is 0 Å². The number of aromatic amines is 1. The van der Waals surface area contributed by atoms with E-state index in [0.717, 1.165) is 25.1 Å². The predicted octanol–water partition coefficient (Wildman–Crippen LogP) is 3.09. The fourth-order valence-corrected chi connectivity index (χ4v) is 3.19. The summed E-state index contributed by atoms with van der Waals surface area (Å²) >= 11 is 5.60. The molecular formula is C18H18ClF2N3O2. The molecule has 1 aromatic carbocycles. The number of nitrogens with one attached hydrogen (secondary N) is 2. The summed E-state index contributed by atoms with van der Waals surface area (Å²) in [5.74, 6) is -1.54. The first-order valence-electron chi connectivity index (χ1n) is 8.25. The maximum absolute atomic E-state index is 14.0. The zero-order chi connectivity index (χ0) is 18.9. The Labute approximate surface area is 153 Å². The van der Waals surface area contributed by atoms with Gasteiger partial charge in [0.05, 0.1) is 6.20 Å². The molecule has 26 heavy (non-hydrogen) atoms. The van der Waals surface area contributed by atoms with Crippen LogP contribution in [0.2, 0.25) is 5.02 Å². The molecule has 0 unspecified atom stereocenters.